The average molecular weight is 290 g/mol. The Morgan fingerprint density at radius 2 is 2.43 bits per heavy atom. The number of carbonyl (C=O) groups excluding carboxylic acids is 1. The largest absolute Gasteiger partial charge is 0.311 e. The van der Waals surface area contributed by atoms with Crippen molar-refractivity contribution in [3.05, 3.63) is 27.0 Å². The van der Waals surface area contributed by atoms with Crippen LogP contribution in [0.1, 0.15) is 10.4 Å². The number of amides is 1. The lowest BCUT2D eigenvalue weighted by Gasteiger charge is -1.96. The first-order chi connectivity index (χ1) is 6.75. The predicted molar refractivity (Wildman–Crippen MR) is 59.9 cm³/mol. The summed E-state index contributed by atoms with van der Waals surface area (Å²) in [6.07, 6.45) is 1.52. The molecule has 0 spiro atoms. The van der Waals surface area contributed by atoms with Gasteiger partial charge in [0, 0.05) is 16.9 Å². The van der Waals surface area contributed by atoms with Crippen molar-refractivity contribution in [2.75, 3.05) is 5.32 Å². The third-order valence-electron chi connectivity index (χ3n) is 1.43. The SMILES string of the molecule is O=C(Nc1cnns1)c1csc(Br)c1. The number of carbonyl (C=O) groups is 1. The summed E-state index contributed by atoms with van der Waals surface area (Å²) in [6.45, 7) is 0. The number of aromatic nitrogens is 2. The lowest BCUT2D eigenvalue weighted by Crippen LogP contribution is -2.09. The van der Waals surface area contributed by atoms with Crippen LogP contribution >= 0.6 is 38.8 Å². The standard InChI is InChI=1S/C7H4BrN3OS2/c8-5-1-4(3-13-5)7(12)10-6-2-9-11-14-6/h1-3H,(H,10,12). The van der Waals surface area contributed by atoms with Gasteiger partial charge in [0.25, 0.3) is 5.91 Å². The average Bonchev–Trinajstić information content (AvgIpc) is 2.75. The Morgan fingerprint density at radius 3 is 3.00 bits per heavy atom. The molecular weight excluding hydrogens is 286 g/mol. The summed E-state index contributed by atoms with van der Waals surface area (Å²) in [4.78, 5) is 11.6. The van der Waals surface area contributed by atoms with Crippen LogP contribution in [0.15, 0.2) is 21.4 Å². The Morgan fingerprint density at radius 1 is 1.57 bits per heavy atom. The number of thiophene rings is 1. The number of hydrogen-bond acceptors (Lipinski definition) is 5. The van der Waals surface area contributed by atoms with Gasteiger partial charge >= 0.3 is 0 Å². The monoisotopic (exact) mass is 289 g/mol. The lowest BCUT2D eigenvalue weighted by atomic mass is 10.3. The topological polar surface area (TPSA) is 54.9 Å². The molecule has 0 atom stereocenters. The van der Waals surface area contributed by atoms with Gasteiger partial charge in [0.1, 0.15) is 5.00 Å². The first-order valence-electron chi connectivity index (χ1n) is 3.58. The second kappa shape index (κ2) is 4.16. The summed E-state index contributed by atoms with van der Waals surface area (Å²) in [7, 11) is 0. The maximum absolute atomic E-state index is 11.6. The number of rotatable bonds is 2. The van der Waals surface area contributed by atoms with E-state index in [1.165, 1.54) is 17.5 Å². The Balaban J connectivity index is 2.10. The summed E-state index contributed by atoms with van der Waals surface area (Å²) >= 11 is 5.92. The summed E-state index contributed by atoms with van der Waals surface area (Å²) in [6, 6.07) is 1.77. The Labute approximate surface area is 96.3 Å². The summed E-state index contributed by atoms with van der Waals surface area (Å²) in [5.74, 6) is -0.141. The molecule has 4 nitrogen and oxygen atoms in total. The fourth-order valence-corrected chi connectivity index (χ4v) is 2.39. The van der Waals surface area contributed by atoms with Gasteiger partial charge in [-0.1, -0.05) is 4.49 Å². The first kappa shape index (κ1) is 9.75. The van der Waals surface area contributed by atoms with Gasteiger partial charge in [-0.15, -0.1) is 16.4 Å². The van der Waals surface area contributed by atoms with E-state index in [1.54, 1.807) is 11.4 Å². The number of halogens is 1. The Hall–Kier alpha value is -0.790. The molecule has 0 aliphatic heterocycles. The molecule has 1 amide bonds. The Bertz CT molecular complexity index is 439. The molecular formula is C7H4BrN3OS2. The zero-order chi connectivity index (χ0) is 9.97. The molecule has 0 fully saturated rings. The molecule has 0 aliphatic rings. The molecule has 2 aromatic heterocycles. The molecule has 0 unspecified atom stereocenters. The zero-order valence-corrected chi connectivity index (χ0v) is 9.95. The highest BCUT2D eigenvalue weighted by Gasteiger charge is 2.08. The van der Waals surface area contributed by atoms with Gasteiger partial charge in [-0.2, -0.15) is 0 Å². The van der Waals surface area contributed by atoms with E-state index >= 15 is 0 Å². The molecule has 0 saturated carbocycles. The van der Waals surface area contributed by atoms with Crippen LogP contribution in [-0.2, 0) is 0 Å². The fourth-order valence-electron chi connectivity index (χ4n) is 0.835. The predicted octanol–water partition coefficient (Wildman–Crippen LogP) is 2.61. The molecule has 14 heavy (non-hydrogen) atoms. The van der Waals surface area contributed by atoms with Crippen LogP contribution in [0.4, 0.5) is 5.00 Å². The van der Waals surface area contributed by atoms with Crippen LogP contribution in [0.5, 0.6) is 0 Å². The highest BCUT2D eigenvalue weighted by atomic mass is 79.9. The van der Waals surface area contributed by atoms with E-state index in [4.69, 9.17) is 0 Å². The van der Waals surface area contributed by atoms with Crippen molar-refractivity contribution in [3.63, 3.8) is 0 Å². The zero-order valence-electron chi connectivity index (χ0n) is 6.73. The summed E-state index contributed by atoms with van der Waals surface area (Å²) in [5, 5.41) is 8.75. The second-order valence-electron chi connectivity index (χ2n) is 2.38. The molecule has 0 bridgehead atoms. The number of nitrogens with zero attached hydrogens (tertiary/aromatic N) is 2. The van der Waals surface area contributed by atoms with E-state index in [-0.39, 0.29) is 5.91 Å². The number of hydrogen-bond donors (Lipinski definition) is 1. The van der Waals surface area contributed by atoms with Gasteiger partial charge < -0.3 is 5.32 Å². The molecule has 72 valence electrons. The van der Waals surface area contributed by atoms with Gasteiger partial charge in [0.15, 0.2) is 0 Å². The van der Waals surface area contributed by atoms with E-state index < -0.39 is 0 Å². The molecule has 0 aliphatic carbocycles. The van der Waals surface area contributed by atoms with Crippen LogP contribution in [0.25, 0.3) is 0 Å². The smallest absolute Gasteiger partial charge is 0.257 e. The molecule has 7 heteroatoms. The van der Waals surface area contributed by atoms with Crippen LogP contribution in [0.3, 0.4) is 0 Å². The first-order valence-corrected chi connectivity index (χ1v) is 6.03. The fraction of sp³-hybridized carbons (Fsp3) is 0. The van der Waals surface area contributed by atoms with E-state index in [0.29, 0.717) is 10.6 Å². The molecule has 2 heterocycles. The van der Waals surface area contributed by atoms with Crippen molar-refractivity contribution >= 4 is 49.7 Å². The van der Waals surface area contributed by atoms with Gasteiger partial charge in [0.2, 0.25) is 0 Å². The van der Waals surface area contributed by atoms with E-state index in [2.05, 4.69) is 30.8 Å². The third kappa shape index (κ3) is 2.17. The van der Waals surface area contributed by atoms with Crippen molar-refractivity contribution in [1.82, 2.24) is 9.59 Å². The lowest BCUT2D eigenvalue weighted by molar-refractivity contribution is 0.102. The quantitative estimate of drug-likeness (QED) is 0.925. The van der Waals surface area contributed by atoms with Crippen LogP contribution in [0, 0.1) is 0 Å². The van der Waals surface area contributed by atoms with E-state index in [9.17, 15) is 4.79 Å². The van der Waals surface area contributed by atoms with Gasteiger partial charge in [-0.05, 0) is 22.0 Å². The second-order valence-corrected chi connectivity index (χ2v) is 5.45. The van der Waals surface area contributed by atoms with Gasteiger partial charge in [-0.3, -0.25) is 4.79 Å². The highest BCUT2D eigenvalue weighted by molar-refractivity contribution is 9.11. The Kier molecular flexibility index (Phi) is 2.90. The molecule has 2 rings (SSSR count). The van der Waals surface area contributed by atoms with Crippen LogP contribution < -0.4 is 5.32 Å². The van der Waals surface area contributed by atoms with Crippen molar-refractivity contribution < 1.29 is 4.79 Å². The van der Waals surface area contributed by atoms with Crippen molar-refractivity contribution in [3.8, 4) is 0 Å². The minimum Gasteiger partial charge on any atom is -0.311 e. The van der Waals surface area contributed by atoms with Crippen molar-refractivity contribution in [2.24, 2.45) is 0 Å². The third-order valence-corrected chi connectivity index (χ3v) is 3.51. The molecule has 0 saturated heterocycles. The molecule has 0 aromatic carbocycles. The summed E-state index contributed by atoms with van der Waals surface area (Å²) in [5.41, 5.74) is 0.635. The normalized spacial score (nSPS) is 10.1. The molecule has 0 radical (unpaired) electrons. The van der Waals surface area contributed by atoms with E-state index in [0.717, 1.165) is 15.3 Å². The number of nitrogens with one attached hydrogen (secondary N) is 1. The minimum absolute atomic E-state index is 0.141. The molecule has 1 N–H and O–H groups in total. The van der Waals surface area contributed by atoms with Gasteiger partial charge in [0.05, 0.1) is 15.5 Å². The van der Waals surface area contributed by atoms with Crippen molar-refractivity contribution in [1.29, 1.82) is 0 Å². The highest BCUT2D eigenvalue weighted by Crippen LogP contribution is 2.21. The minimum atomic E-state index is -0.141. The van der Waals surface area contributed by atoms with Crippen LogP contribution in [-0.4, -0.2) is 15.5 Å². The number of anilines is 1. The maximum Gasteiger partial charge on any atom is 0.257 e. The van der Waals surface area contributed by atoms with Crippen molar-refractivity contribution in [2.45, 2.75) is 0 Å². The summed E-state index contributed by atoms with van der Waals surface area (Å²) < 4.78 is 4.58. The van der Waals surface area contributed by atoms with E-state index in [1.807, 2.05) is 0 Å². The van der Waals surface area contributed by atoms with Crippen LogP contribution in [0.2, 0.25) is 0 Å². The molecule has 2 aromatic rings. The van der Waals surface area contributed by atoms with Gasteiger partial charge in [-0.25, -0.2) is 0 Å². The maximum atomic E-state index is 11.6.